The Balaban J connectivity index is 0.000000233. The monoisotopic (exact) mass is 1070 g/mol. The number of carboxylic acids is 2. The third kappa shape index (κ3) is 16.0. The van der Waals surface area contributed by atoms with Crippen LogP contribution >= 0.6 is 11.6 Å². The van der Waals surface area contributed by atoms with E-state index in [0.717, 1.165) is 6.42 Å². The summed E-state index contributed by atoms with van der Waals surface area (Å²) in [5, 5.41) is 30.3. The average Bonchev–Trinajstić information content (AvgIpc) is 3.44. The van der Waals surface area contributed by atoms with Crippen molar-refractivity contribution in [2.24, 2.45) is 0 Å². The van der Waals surface area contributed by atoms with Crippen LogP contribution in [0.3, 0.4) is 0 Å². The summed E-state index contributed by atoms with van der Waals surface area (Å²) in [6, 6.07) is 21.7. The van der Waals surface area contributed by atoms with Crippen molar-refractivity contribution < 1.29 is 67.3 Å². The summed E-state index contributed by atoms with van der Waals surface area (Å²) < 4.78 is 43.4. The number of nitrogen functional groups attached to an aromatic ring is 1. The molecule has 0 spiro atoms. The summed E-state index contributed by atoms with van der Waals surface area (Å²) in [5.41, 5.74) is 8.57. The Morgan fingerprint density at radius 2 is 1.11 bits per heavy atom. The Labute approximate surface area is 444 Å². The Morgan fingerprint density at radius 1 is 0.658 bits per heavy atom. The Bertz CT molecular complexity index is 2960. The zero-order valence-electron chi connectivity index (χ0n) is 43.0. The van der Waals surface area contributed by atoms with E-state index < -0.39 is 11.9 Å². The molecule has 2 aliphatic rings. The summed E-state index contributed by atoms with van der Waals surface area (Å²) >= 11 is 6.55. The zero-order valence-corrected chi connectivity index (χ0v) is 43.7. The number of halogens is 1. The molecule has 2 amide bonds. The minimum atomic E-state index is -1.08. The lowest BCUT2D eigenvalue weighted by Gasteiger charge is -2.28. The number of ether oxygens (including phenoxy) is 8. The average molecular weight is 1070 g/mol. The maximum absolute atomic E-state index is 13.5. The summed E-state index contributed by atoms with van der Waals surface area (Å²) in [7, 11) is 6.38. The van der Waals surface area contributed by atoms with Gasteiger partial charge in [-0.25, -0.2) is 9.59 Å². The fraction of sp³-hybridized carbons (Fsp3) is 0.352. The van der Waals surface area contributed by atoms with Crippen molar-refractivity contribution in [3.05, 3.63) is 112 Å². The molecule has 2 aliphatic heterocycles. The van der Waals surface area contributed by atoms with Gasteiger partial charge in [-0.3, -0.25) is 19.6 Å². The van der Waals surface area contributed by atoms with Crippen LogP contribution in [0.25, 0.3) is 21.8 Å². The van der Waals surface area contributed by atoms with Crippen LogP contribution in [0.5, 0.6) is 23.0 Å². The molecule has 404 valence electrons. The van der Waals surface area contributed by atoms with Crippen LogP contribution in [-0.2, 0) is 18.9 Å². The lowest BCUT2D eigenvalue weighted by molar-refractivity contribution is 0.0301. The summed E-state index contributed by atoms with van der Waals surface area (Å²) in [6.45, 7) is 7.52. The molecular weight excluding hydrogens is 1010 g/mol. The van der Waals surface area contributed by atoms with Crippen LogP contribution in [0.1, 0.15) is 61.2 Å². The van der Waals surface area contributed by atoms with Gasteiger partial charge in [-0.15, -0.1) is 0 Å². The van der Waals surface area contributed by atoms with E-state index in [9.17, 15) is 24.3 Å². The van der Waals surface area contributed by atoms with E-state index in [1.807, 2.05) is 0 Å². The fourth-order valence-electron chi connectivity index (χ4n) is 7.61. The van der Waals surface area contributed by atoms with Gasteiger partial charge >= 0.3 is 11.9 Å². The smallest absolute Gasteiger partial charge is 0.337 e. The number of hydrogen-bond acceptors (Lipinski definition) is 17. The summed E-state index contributed by atoms with van der Waals surface area (Å²) in [6.07, 6.45) is 4.49. The van der Waals surface area contributed by atoms with E-state index in [1.165, 1.54) is 38.6 Å². The minimum absolute atomic E-state index is 0.0808. The number of methoxy groups -OCH3 is 4. The largest absolute Gasteiger partial charge is 0.493 e. The van der Waals surface area contributed by atoms with Gasteiger partial charge in [-0.1, -0.05) is 35.9 Å². The SMILES string of the molecule is CC#N.COCCCOc1cc2ncc(C(=O)N3CCOCC3)c(Cl)c2cc1OC.COCCCOc1cc2ncc(C(=O)N3CCOCC3)c(Nc3ccccc3C(=O)O)c2cc1OC.Nc1ccccc1C(=O)O. The van der Waals surface area contributed by atoms with Crippen LogP contribution in [-0.4, -0.2) is 161 Å². The van der Waals surface area contributed by atoms with Crippen molar-refractivity contribution in [2.45, 2.75) is 19.8 Å². The Kier molecular flexibility index (Phi) is 23.5. The van der Waals surface area contributed by atoms with Gasteiger partial charge in [0.2, 0.25) is 0 Å². The predicted molar refractivity (Wildman–Crippen MR) is 285 cm³/mol. The molecule has 0 saturated carbocycles. The molecule has 22 heteroatoms. The number of nitrogens with two attached hydrogens (primary N) is 1. The number of morpholine rings is 2. The van der Waals surface area contributed by atoms with E-state index in [-0.39, 0.29) is 22.9 Å². The van der Waals surface area contributed by atoms with Gasteiger partial charge in [0.05, 0.1) is 110 Å². The molecule has 5 N–H and O–H groups in total. The van der Waals surface area contributed by atoms with Crippen molar-refractivity contribution >= 4 is 74.2 Å². The van der Waals surface area contributed by atoms with Gasteiger partial charge in [-0.2, -0.15) is 5.26 Å². The van der Waals surface area contributed by atoms with Crippen LogP contribution in [0.2, 0.25) is 5.02 Å². The second-order valence-electron chi connectivity index (χ2n) is 16.4. The van der Waals surface area contributed by atoms with Crippen LogP contribution in [0, 0.1) is 11.3 Å². The quantitative estimate of drug-likeness (QED) is 0.0471. The first-order chi connectivity index (χ1) is 36.8. The van der Waals surface area contributed by atoms with Crippen molar-refractivity contribution in [3.63, 3.8) is 0 Å². The number of fused-ring (bicyclic) bond motifs is 2. The standard InChI is InChI=1S/C26H29N3O7.C19H23ClN2O5.C7H7NO2.C2H3N/c1-33-10-5-11-36-23-15-21-18(14-22(23)34-2)24(28-20-7-4-3-6-17(20)26(31)32)19(16-27-21)25(30)29-8-12-35-13-9-29;1-24-6-3-7-27-17-11-15-13(10-16(17)25-2)18(20)14(12-21-15)19(23)22-4-8-26-9-5-22;8-6-4-2-1-3-5(6)7(9)10;1-2-3/h3-4,6-7,14-16H,5,8-13H2,1-2H3,(H,27,28)(H,31,32);10-12H,3-9H2,1-2H3;1-4H,8H2,(H,9,10);1H3. The number of aromatic carboxylic acids is 2. The first-order valence-corrected chi connectivity index (χ1v) is 24.3. The van der Waals surface area contributed by atoms with E-state index in [1.54, 1.807) is 97.9 Å². The molecule has 4 heterocycles. The third-order valence-electron chi connectivity index (χ3n) is 11.4. The van der Waals surface area contributed by atoms with Gasteiger partial charge in [0.1, 0.15) is 0 Å². The number of rotatable bonds is 18. The highest BCUT2D eigenvalue weighted by atomic mass is 35.5. The number of anilines is 3. The first kappa shape index (κ1) is 58.9. The molecule has 76 heavy (non-hydrogen) atoms. The molecule has 4 aromatic carbocycles. The number of aromatic nitrogens is 2. The number of pyridine rings is 2. The molecule has 21 nitrogen and oxygen atoms in total. The highest BCUT2D eigenvalue weighted by Crippen LogP contribution is 2.39. The van der Waals surface area contributed by atoms with Crippen molar-refractivity contribution in [3.8, 4) is 29.1 Å². The molecule has 2 fully saturated rings. The molecule has 0 unspecified atom stereocenters. The number of benzene rings is 4. The number of para-hydroxylation sites is 2. The molecule has 6 aromatic rings. The normalized spacial score (nSPS) is 12.8. The molecule has 8 rings (SSSR count). The van der Waals surface area contributed by atoms with E-state index in [2.05, 4.69) is 15.3 Å². The fourth-order valence-corrected chi connectivity index (χ4v) is 7.89. The van der Waals surface area contributed by atoms with Crippen LogP contribution < -0.4 is 30.0 Å². The van der Waals surface area contributed by atoms with Crippen molar-refractivity contribution in [2.75, 3.05) is 119 Å². The van der Waals surface area contributed by atoms with Gasteiger partial charge in [0.15, 0.2) is 23.0 Å². The highest BCUT2D eigenvalue weighted by molar-refractivity contribution is 6.38. The Morgan fingerprint density at radius 3 is 1.58 bits per heavy atom. The van der Waals surface area contributed by atoms with Gasteiger partial charge in [-0.05, 0) is 36.4 Å². The molecule has 2 aromatic heterocycles. The number of nitrogens with one attached hydrogen (secondary N) is 1. The molecule has 2 saturated heterocycles. The molecule has 0 bridgehead atoms. The number of carboxylic acid groups (broad SMARTS) is 2. The second-order valence-corrected chi connectivity index (χ2v) is 16.7. The highest BCUT2D eigenvalue weighted by Gasteiger charge is 2.26. The predicted octanol–water partition coefficient (Wildman–Crippen LogP) is 7.85. The topological polar surface area (TPSA) is 277 Å². The maximum Gasteiger partial charge on any atom is 0.337 e. The first-order valence-electron chi connectivity index (χ1n) is 23.9. The van der Waals surface area contributed by atoms with Crippen molar-refractivity contribution in [1.29, 1.82) is 5.26 Å². The molecule has 0 atom stereocenters. The minimum Gasteiger partial charge on any atom is -0.493 e. The summed E-state index contributed by atoms with van der Waals surface area (Å²) in [4.78, 5) is 60.8. The number of carbonyl (C=O) groups is 4. The zero-order chi connectivity index (χ0) is 55.0. The molecular formula is C54H62ClN7O14. The van der Waals surface area contributed by atoms with Crippen LogP contribution in [0.15, 0.2) is 85.2 Å². The van der Waals surface area contributed by atoms with Gasteiger partial charge < -0.3 is 69.0 Å². The lowest BCUT2D eigenvalue weighted by atomic mass is 10.1. The number of carbonyl (C=O) groups excluding carboxylic acids is 2. The number of amides is 2. The second kappa shape index (κ2) is 30.4. The van der Waals surface area contributed by atoms with E-state index in [0.29, 0.717) is 163 Å². The van der Waals surface area contributed by atoms with E-state index >= 15 is 0 Å². The number of hydrogen-bond donors (Lipinski definition) is 4. The van der Waals surface area contributed by atoms with Gasteiger partial charge in [0.25, 0.3) is 11.8 Å². The van der Waals surface area contributed by atoms with Crippen LogP contribution in [0.4, 0.5) is 17.1 Å². The van der Waals surface area contributed by atoms with Gasteiger partial charge in [0, 0.05) is 114 Å². The van der Waals surface area contributed by atoms with E-state index in [4.69, 9.17) is 65.6 Å². The maximum atomic E-state index is 13.5. The summed E-state index contributed by atoms with van der Waals surface area (Å²) in [5.74, 6) is -0.333. The number of nitriles is 1. The molecule has 0 radical (unpaired) electrons. The molecule has 0 aliphatic carbocycles. The lowest BCUT2D eigenvalue weighted by Crippen LogP contribution is -2.41. The third-order valence-corrected chi connectivity index (χ3v) is 11.8. The van der Waals surface area contributed by atoms with Crippen molar-refractivity contribution in [1.82, 2.24) is 19.8 Å². The number of nitrogens with zero attached hydrogens (tertiary/aromatic N) is 5. The Hall–Kier alpha value is -8.00.